The first-order chi connectivity index (χ1) is 14.7. The fraction of sp³-hybridized carbons (Fsp3) is 0.550. The number of carbonyl (C=O) groups is 2. The number of likely N-dealkylation sites (tertiary alicyclic amines) is 1. The largest absolute Gasteiger partial charge is 0.490 e. The van der Waals surface area contributed by atoms with Gasteiger partial charge in [-0.1, -0.05) is 12.1 Å². The summed E-state index contributed by atoms with van der Waals surface area (Å²) < 4.78 is 42.6. The summed E-state index contributed by atoms with van der Waals surface area (Å²) in [6, 6.07) is 10.2. The van der Waals surface area contributed by atoms with Gasteiger partial charge in [0, 0.05) is 39.2 Å². The highest BCUT2D eigenvalue weighted by Crippen LogP contribution is 2.34. The van der Waals surface area contributed by atoms with Crippen LogP contribution < -0.4 is 5.32 Å². The zero-order chi connectivity index (χ0) is 23.0. The zero-order valence-electron chi connectivity index (χ0n) is 16.9. The number of nitrogens with one attached hydrogen (secondary N) is 1. The van der Waals surface area contributed by atoms with E-state index in [2.05, 4.69) is 16.3 Å². The smallest absolute Gasteiger partial charge is 0.475 e. The molecule has 2 aliphatic rings. The maximum atomic E-state index is 12.2. The van der Waals surface area contributed by atoms with Crippen molar-refractivity contribution in [3.8, 4) is 6.07 Å². The third-order valence-electron chi connectivity index (χ3n) is 4.98. The number of rotatable bonds is 6. The van der Waals surface area contributed by atoms with E-state index >= 15 is 0 Å². The normalized spacial score (nSPS) is 22.7. The Kier molecular flexibility index (Phi) is 8.79. The number of halogens is 3. The predicted molar refractivity (Wildman–Crippen MR) is 102 cm³/mol. The van der Waals surface area contributed by atoms with Crippen molar-refractivity contribution in [1.82, 2.24) is 10.2 Å². The molecular weight excluding hydrogens is 419 g/mol. The molecule has 170 valence electrons. The van der Waals surface area contributed by atoms with Gasteiger partial charge in [-0.25, -0.2) is 4.79 Å². The van der Waals surface area contributed by atoms with Gasteiger partial charge in [-0.3, -0.25) is 9.69 Å². The summed E-state index contributed by atoms with van der Waals surface area (Å²) in [6.45, 7) is 2.77. The van der Waals surface area contributed by atoms with Crippen LogP contribution in [-0.2, 0) is 25.6 Å². The van der Waals surface area contributed by atoms with E-state index in [-0.39, 0.29) is 24.2 Å². The Morgan fingerprint density at radius 2 is 2.13 bits per heavy atom. The van der Waals surface area contributed by atoms with Gasteiger partial charge in [0.2, 0.25) is 5.91 Å². The average molecular weight is 443 g/mol. The van der Waals surface area contributed by atoms with Crippen molar-refractivity contribution in [3.05, 3.63) is 35.4 Å². The SMILES string of the molecule is COCCNC(=O)[C@@H]1C[C@H]2[C@H](CCN2Cc2cccc(C#N)c2)O1.O=C(O)C(F)(F)F. The summed E-state index contributed by atoms with van der Waals surface area (Å²) in [5.74, 6) is -2.81. The van der Waals surface area contributed by atoms with E-state index in [4.69, 9.17) is 24.6 Å². The van der Waals surface area contributed by atoms with Crippen molar-refractivity contribution in [2.45, 2.75) is 43.8 Å². The van der Waals surface area contributed by atoms with E-state index in [0.29, 0.717) is 18.7 Å². The minimum Gasteiger partial charge on any atom is -0.475 e. The number of benzene rings is 1. The van der Waals surface area contributed by atoms with E-state index < -0.39 is 12.1 Å². The Morgan fingerprint density at radius 3 is 2.74 bits per heavy atom. The molecule has 0 aromatic heterocycles. The summed E-state index contributed by atoms with van der Waals surface area (Å²) in [6.07, 6.45) is -3.65. The molecule has 0 radical (unpaired) electrons. The van der Waals surface area contributed by atoms with E-state index in [1.807, 2.05) is 24.3 Å². The van der Waals surface area contributed by atoms with Gasteiger partial charge in [-0.05, 0) is 24.1 Å². The lowest BCUT2D eigenvalue weighted by Gasteiger charge is -2.22. The standard InChI is InChI=1S/C18H23N3O3.C2HF3O2/c1-23-8-6-20-18(22)17-10-15-16(24-17)5-7-21(15)12-14-4-2-3-13(9-14)11-19;3-2(4,5)1(6)7/h2-4,9,15-17H,5-8,10,12H2,1H3,(H,20,22);(H,6,7)/t15-,16-,17-;/m0./s1. The number of amides is 1. The van der Waals surface area contributed by atoms with E-state index in [1.54, 1.807) is 7.11 Å². The number of nitrogens with zero attached hydrogens (tertiary/aromatic N) is 2. The van der Waals surface area contributed by atoms with Crippen LogP contribution in [0.2, 0.25) is 0 Å². The molecule has 0 saturated carbocycles. The number of nitriles is 1. The number of fused-ring (bicyclic) bond motifs is 1. The first-order valence-electron chi connectivity index (χ1n) is 9.61. The molecule has 0 unspecified atom stereocenters. The van der Waals surface area contributed by atoms with Crippen LogP contribution in [0, 0.1) is 11.3 Å². The molecular formula is C20H24F3N3O5. The number of alkyl halides is 3. The maximum Gasteiger partial charge on any atom is 0.490 e. The van der Waals surface area contributed by atoms with Crippen molar-refractivity contribution in [3.63, 3.8) is 0 Å². The fourth-order valence-electron chi connectivity index (χ4n) is 3.56. The summed E-state index contributed by atoms with van der Waals surface area (Å²) in [4.78, 5) is 23.4. The van der Waals surface area contributed by atoms with E-state index in [1.165, 1.54) is 0 Å². The molecule has 3 rings (SSSR count). The number of hydrogen-bond donors (Lipinski definition) is 2. The Labute approximate surface area is 177 Å². The molecule has 1 amide bonds. The lowest BCUT2D eigenvalue weighted by Crippen LogP contribution is -2.37. The van der Waals surface area contributed by atoms with Gasteiger partial charge in [0.15, 0.2) is 0 Å². The number of carboxylic acid groups (broad SMARTS) is 1. The molecule has 2 N–H and O–H groups in total. The van der Waals surface area contributed by atoms with Crippen molar-refractivity contribution < 1.29 is 37.3 Å². The van der Waals surface area contributed by atoms with Crippen LogP contribution in [0.3, 0.4) is 0 Å². The molecule has 2 fully saturated rings. The third-order valence-corrected chi connectivity index (χ3v) is 4.98. The highest BCUT2D eigenvalue weighted by molar-refractivity contribution is 5.81. The number of aliphatic carboxylic acids is 1. The van der Waals surface area contributed by atoms with Gasteiger partial charge in [0.25, 0.3) is 0 Å². The molecule has 0 bridgehead atoms. The molecule has 3 atom stereocenters. The van der Waals surface area contributed by atoms with Gasteiger partial charge in [-0.2, -0.15) is 18.4 Å². The van der Waals surface area contributed by atoms with Crippen LogP contribution in [0.1, 0.15) is 24.0 Å². The molecule has 11 heteroatoms. The topological polar surface area (TPSA) is 112 Å². The first-order valence-corrected chi connectivity index (χ1v) is 9.61. The van der Waals surface area contributed by atoms with Gasteiger partial charge >= 0.3 is 12.1 Å². The van der Waals surface area contributed by atoms with Gasteiger partial charge in [0.1, 0.15) is 6.10 Å². The summed E-state index contributed by atoms with van der Waals surface area (Å²) in [5, 5.41) is 19.0. The van der Waals surface area contributed by atoms with Gasteiger partial charge in [0.05, 0.1) is 24.3 Å². The lowest BCUT2D eigenvalue weighted by molar-refractivity contribution is -0.192. The molecule has 8 nitrogen and oxygen atoms in total. The number of carbonyl (C=O) groups excluding carboxylic acids is 1. The molecule has 0 spiro atoms. The maximum absolute atomic E-state index is 12.2. The van der Waals surface area contributed by atoms with E-state index in [9.17, 15) is 18.0 Å². The summed E-state index contributed by atoms with van der Waals surface area (Å²) in [5.41, 5.74) is 1.81. The number of ether oxygens (including phenoxy) is 2. The fourth-order valence-corrected chi connectivity index (χ4v) is 3.56. The number of carboxylic acids is 1. The van der Waals surface area contributed by atoms with Crippen molar-refractivity contribution in [1.29, 1.82) is 5.26 Å². The Balaban J connectivity index is 0.000000423. The third kappa shape index (κ3) is 7.20. The highest BCUT2D eigenvalue weighted by atomic mass is 19.4. The van der Waals surface area contributed by atoms with Crippen molar-refractivity contribution in [2.24, 2.45) is 0 Å². The molecule has 2 saturated heterocycles. The average Bonchev–Trinajstić information content (AvgIpc) is 3.30. The predicted octanol–water partition coefficient (Wildman–Crippen LogP) is 1.69. The van der Waals surface area contributed by atoms with Crippen LogP contribution in [0.4, 0.5) is 13.2 Å². The summed E-state index contributed by atoms with van der Waals surface area (Å²) >= 11 is 0. The molecule has 2 aliphatic heterocycles. The molecule has 2 heterocycles. The van der Waals surface area contributed by atoms with Crippen molar-refractivity contribution >= 4 is 11.9 Å². The first kappa shape index (κ1) is 24.6. The van der Waals surface area contributed by atoms with E-state index in [0.717, 1.165) is 31.5 Å². The highest BCUT2D eigenvalue weighted by Gasteiger charge is 2.45. The molecule has 1 aromatic carbocycles. The number of methoxy groups -OCH3 is 1. The van der Waals surface area contributed by atoms with Crippen molar-refractivity contribution in [2.75, 3.05) is 26.8 Å². The van der Waals surface area contributed by atoms with Gasteiger partial charge < -0.3 is 19.9 Å². The second-order valence-electron chi connectivity index (χ2n) is 7.12. The van der Waals surface area contributed by atoms with Crippen LogP contribution in [0.15, 0.2) is 24.3 Å². The Hall–Kier alpha value is -2.68. The lowest BCUT2D eigenvalue weighted by atomic mass is 10.1. The molecule has 1 aromatic rings. The van der Waals surface area contributed by atoms with Crippen LogP contribution >= 0.6 is 0 Å². The molecule has 31 heavy (non-hydrogen) atoms. The number of hydrogen-bond acceptors (Lipinski definition) is 6. The minimum absolute atomic E-state index is 0.0483. The second-order valence-corrected chi connectivity index (χ2v) is 7.12. The monoisotopic (exact) mass is 443 g/mol. The van der Waals surface area contributed by atoms with Gasteiger partial charge in [-0.15, -0.1) is 0 Å². The quantitative estimate of drug-likeness (QED) is 0.644. The summed E-state index contributed by atoms with van der Waals surface area (Å²) in [7, 11) is 1.61. The van der Waals surface area contributed by atoms with Crippen LogP contribution in [0.25, 0.3) is 0 Å². The molecule has 0 aliphatic carbocycles. The minimum atomic E-state index is -5.08. The van der Waals surface area contributed by atoms with Crippen LogP contribution in [-0.4, -0.2) is 73.1 Å². The second kappa shape index (κ2) is 11.1. The van der Waals surface area contributed by atoms with Crippen LogP contribution in [0.5, 0.6) is 0 Å². The Bertz CT molecular complexity index is 812. The Morgan fingerprint density at radius 1 is 1.42 bits per heavy atom. The zero-order valence-corrected chi connectivity index (χ0v) is 16.9.